The highest BCUT2D eigenvalue weighted by Gasteiger charge is 2.27. The number of anilines is 3. The van der Waals surface area contributed by atoms with E-state index in [1.165, 1.54) is 12.1 Å². The molecule has 0 saturated heterocycles. The van der Waals surface area contributed by atoms with Crippen molar-refractivity contribution in [3.8, 4) is 0 Å². The number of nitrogens with zero attached hydrogens (tertiary/aromatic N) is 1. The molecule has 0 radical (unpaired) electrons. The number of hydrogen-bond acceptors (Lipinski definition) is 3. The Morgan fingerprint density at radius 2 is 2.12 bits per heavy atom. The molecule has 1 unspecified atom stereocenters. The number of carbonyl (C=O) groups is 1. The minimum atomic E-state index is -0.367. The molecule has 0 fully saturated rings. The van der Waals surface area contributed by atoms with Crippen molar-refractivity contribution in [1.29, 1.82) is 0 Å². The number of aryl methyl sites for hydroxylation is 1. The summed E-state index contributed by atoms with van der Waals surface area (Å²) in [6.45, 7) is 4.51. The second-order valence-corrected chi connectivity index (χ2v) is 6.27. The number of amides is 1. The average Bonchev–Trinajstić information content (AvgIpc) is 2.57. The Bertz CT molecular complexity index is 775. The largest absolute Gasteiger partial charge is 0.398 e. The summed E-state index contributed by atoms with van der Waals surface area (Å²) in [6.07, 6.45) is 1.88. The van der Waals surface area contributed by atoms with Crippen LogP contribution in [-0.2, 0) is 11.2 Å². The fourth-order valence-corrected chi connectivity index (χ4v) is 3.19. The molecule has 0 spiro atoms. The van der Waals surface area contributed by atoms with Crippen LogP contribution in [0.2, 0.25) is 0 Å². The van der Waals surface area contributed by atoms with E-state index in [1.807, 2.05) is 32.0 Å². The van der Waals surface area contributed by atoms with E-state index in [2.05, 4.69) is 10.2 Å². The van der Waals surface area contributed by atoms with Crippen LogP contribution in [0.5, 0.6) is 0 Å². The Hall–Kier alpha value is -2.56. The van der Waals surface area contributed by atoms with Gasteiger partial charge in [0.05, 0.1) is 0 Å². The molecule has 1 aliphatic heterocycles. The van der Waals surface area contributed by atoms with Gasteiger partial charge in [-0.2, -0.15) is 0 Å². The van der Waals surface area contributed by atoms with Gasteiger partial charge in [0.2, 0.25) is 5.91 Å². The lowest BCUT2D eigenvalue weighted by atomic mass is 9.98. The van der Waals surface area contributed by atoms with Crippen LogP contribution >= 0.6 is 0 Å². The van der Waals surface area contributed by atoms with Gasteiger partial charge in [0.25, 0.3) is 0 Å². The zero-order valence-electron chi connectivity index (χ0n) is 14.0. The monoisotopic (exact) mass is 327 g/mol. The lowest BCUT2D eigenvalue weighted by Crippen LogP contribution is -2.44. The van der Waals surface area contributed by atoms with Crippen molar-refractivity contribution in [2.45, 2.75) is 32.7 Å². The molecule has 3 N–H and O–H groups in total. The Kier molecular flexibility index (Phi) is 4.42. The SMILES string of the molecule is Cc1ccc(F)cc1NC(=O)C(C)N1CCCc2c(N)cccc21. The third-order valence-corrected chi connectivity index (χ3v) is 4.63. The van der Waals surface area contributed by atoms with Crippen molar-refractivity contribution in [3.05, 3.63) is 53.3 Å². The zero-order chi connectivity index (χ0) is 17.3. The Morgan fingerprint density at radius 3 is 2.92 bits per heavy atom. The molecule has 24 heavy (non-hydrogen) atoms. The second-order valence-electron chi connectivity index (χ2n) is 6.27. The van der Waals surface area contributed by atoms with Crippen LogP contribution in [0, 0.1) is 12.7 Å². The number of benzene rings is 2. The highest BCUT2D eigenvalue weighted by molar-refractivity contribution is 5.97. The summed E-state index contributed by atoms with van der Waals surface area (Å²) in [4.78, 5) is 14.7. The summed E-state index contributed by atoms with van der Waals surface area (Å²) in [5.41, 5.74) is 10.3. The van der Waals surface area contributed by atoms with E-state index in [4.69, 9.17) is 5.73 Å². The lowest BCUT2D eigenvalue weighted by Gasteiger charge is -2.36. The average molecular weight is 327 g/mol. The molecular formula is C19H22FN3O. The third-order valence-electron chi connectivity index (χ3n) is 4.63. The third kappa shape index (κ3) is 3.07. The zero-order valence-corrected chi connectivity index (χ0v) is 14.0. The van der Waals surface area contributed by atoms with Crippen LogP contribution in [0.15, 0.2) is 36.4 Å². The molecule has 2 aromatic carbocycles. The molecule has 1 amide bonds. The van der Waals surface area contributed by atoms with E-state index in [-0.39, 0.29) is 17.8 Å². The topological polar surface area (TPSA) is 58.4 Å². The van der Waals surface area contributed by atoms with Crippen LogP contribution < -0.4 is 16.0 Å². The van der Waals surface area contributed by atoms with Crippen LogP contribution in [0.25, 0.3) is 0 Å². The summed E-state index contributed by atoms with van der Waals surface area (Å²) in [6, 6.07) is 9.83. The lowest BCUT2D eigenvalue weighted by molar-refractivity contribution is -0.117. The summed E-state index contributed by atoms with van der Waals surface area (Å²) in [5.74, 6) is -0.515. The number of hydrogen-bond donors (Lipinski definition) is 2. The molecule has 3 rings (SSSR count). The van der Waals surface area contributed by atoms with Gasteiger partial charge >= 0.3 is 0 Å². The fourth-order valence-electron chi connectivity index (χ4n) is 3.19. The summed E-state index contributed by atoms with van der Waals surface area (Å²) < 4.78 is 13.4. The second kappa shape index (κ2) is 6.51. The molecule has 2 aromatic rings. The van der Waals surface area contributed by atoms with Gasteiger partial charge < -0.3 is 16.0 Å². The van der Waals surface area contributed by atoms with Gasteiger partial charge in [-0.05, 0) is 62.1 Å². The van der Waals surface area contributed by atoms with Crippen molar-refractivity contribution >= 4 is 23.0 Å². The highest BCUT2D eigenvalue weighted by Crippen LogP contribution is 2.32. The first-order chi connectivity index (χ1) is 11.5. The predicted molar refractivity (Wildman–Crippen MR) is 95.8 cm³/mol. The molecule has 0 saturated carbocycles. The number of nitrogen functional groups attached to an aromatic ring is 1. The minimum absolute atomic E-state index is 0.154. The van der Waals surface area contributed by atoms with Crippen LogP contribution in [0.3, 0.4) is 0 Å². The molecule has 0 aromatic heterocycles. The number of fused-ring (bicyclic) bond motifs is 1. The van der Waals surface area contributed by atoms with E-state index in [0.29, 0.717) is 5.69 Å². The van der Waals surface area contributed by atoms with Crippen LogP contribution in [0.4, 0.5) is 21.5 Å². The molecule has 0 bridgehead atoms. The molecule has 1 aliphatic rings. The number of nitrogens with two attached hydrogens (primary N) is 1. The molecule has 1 atom stereocenters. The van der Waals surface area contributed by atoms with Gasteiger partial charge in [0, 0.05) is 23.6 Å². The van der Waals surface area contributed by atoms with Gasteiger partial charge in [-0.1, -0.05) is 12.1 Å². The van der Waals surface area contributed by atoms with Crippen molar-refractivity contribution in [3.63, 3.8) is 0 Å². The number of rotatable bonds is 3. The first kappa shape index (κ1) is 16.3. The minimum Gasteiger partial charge on any atom is -0.398 e. The Labute approximate surface area is 141 Å². The van der Waals surface area contributed by atoms with E-state index in [1.54, 1.807) is 6.07 Å². The Morgan fingerprint density at radius 1 is 1.33 bits per heavy atom. The number of halogens is 1. The van der Waals surface area contributed by atoms with Crippen molar-refractivity contribution in [2.24, 2.45) is 0 Å². The van der Waals surface area contributed by atoms with E-state index >= 15 is 0 Å². The standard InChI is InChI=1S/C19H22FN3O/c1-12-8-9-14(20)11-17(12)22-19(24)13(2)23-10-4-5-15-16(21)6-3-7-18(15)23/h3,6-9,11,13H,4-5,10,21H2,1-2H3,(H,22,24). The van der Waals surface area contributed by atoms with Crippen molar-refractivity contribution < 1.29 is 9.18 Å². The fraction of sp³-hybridized carbons (Fsp3) is 0.316. The molecule has 1 heterocycles. The summed E-state index contributed by atoms with van der Waals surface area (Å²) >= 11 is 0. The first-order valence-corrected chi connectivity index (χ1v) is 8.18. The summed E-state index contributed by atoms with van der Waals surface area (Å²) in [7, 11) is 0. The smallest absolute Gasteiger partial charge is 0.246 e. The Balaban J connectivity index is 1.82. The van der Waals surface area contributed by atoms with Crippen molar-refractivity contribution in [2.75, 3.05) is 22.5 Å². The van der Waals surface area contributed by atoms with Gasteiger partial charge in [-0.15, -0.1) is 0 Å². The molecule has 5 heteroatoms. The van der Waals surface area contributed by atoms with Gasteiger partial charge in [-0.3, -0.25) is 4.79 Å². The normalized spacial score (nSPS) is 14.9. The maximum atomic E-state index is 13.4. The maximum absolute atomic E-state index is 13.4. The van der Waals surface area contributed by atoms with E-state index in [9.17, 15) is 9.18 Å². The summed E-state index contributed by atoms with van der Waals surface area (Å²) in [5, 5.41) is 2.84. The quantitative estimate of drug-likeness (QED) is 0.848. The molecule has 0 aliphatic carbocycles. The van der Waals surface area contributed by atoms with E-state index in [0.717, 1.165) is 41.9 Å². The van der Waals surface area contributed by atoms with Gasteiger partial charge in [0.1, 0.15) is 11.9 Å². The number of nitrogens with one attached hydrogen (secondary N) is 1. The molecule has 126 valence electrons. The van der Waals surface area contributed by atoms with Gasteiger partial charge in [0.15, 0.2) is 0 Å². The van der Waals surface area contributed by atoms with Crippen LogP contribution in [0.1, 0.15) is 24.5 Å². The van der Waals surface area contributed by atoms with Crippen LogP contribution in [-0.4, -0.2) is 18.5 Å². The first-order valence-electron chi connectivity index (χ1n) is 8.18. The molecular weight excluding hydrogens is 305 g/mol. The predicted octanol–water partition coefficient (Wildman–Crippen LogP) is 3.50. The van der Waals surface area contributed by atoms with Crippen molar-refractivity contribution in [1.82, 2.24) is 0 Å². The van der Waals surface area contributed by atoms with E-state index < -0.39 is 0 Å². The highest BCUT2D eigenvalue weighted by atomic mass is 19.1. The maximum Gasteiger partial charge on any atom is 0.246 e. The number of carbonyl (C=O) groups excluding carboxylic acids is 1. The molecule has 4 nitrogen and oxygen atoms in total. The van der Waals surface area contributed by atoms with Gasteiger partial charge in [-0.25, -0.2) is 4.39 Å².